The number of para-hydroxylation sites is 1. The number of fused-ring (bicyclic) bond motifs is 1. The van der Waals surface area contributed by atoms with Gasteiger partial charge in [0.1, 0.15) is 18.2 Å². The van der Waals surface area contributed by atoms with E-state index in [1.807, 2.05) is 53.6 Å². The number of aromatic nitrogens is 1. The van der Waals surface area contributed by atoms with Crippen molar-refractivity contribution in [3.63, 3.8) is 0 Å². The van der Waals surface area contributed by atoms with Crippen LogP contribution < -0.4 is 9.64 Å². The summed E-state index contributed by atoms with van der Waals surface area (Å²) in [6.45, 7) is 3.62. The van der Waals surface area contributed by atoms with Crippen LogP contribution in [0, 0.1) is 5.92 Å². The minimum absolute atomic E-state index is 0.0682. The van der Waals surface area contributed by atoms with Crippen molar-refractivity contribution in [2.24, 2.45) is 5.92 Å². The summed E-state index contributed by atoms with van der Waals surface area (Å²) in [6.07, 6.45) is 2.58. The molecular formula is C19H21N3O2. The lowest BCUT2D eigenvalue weighted by Gasteiger charge is -2.37. The summed E-state index contributed by atoms with van der Waals surface area (Å²) in [6, 6.07) is 13.9. The highest BCUT2D eigenvalue weighted by molar-refractivity contribution is 5.80. The summed E-state index contributed by atoms with van der Waals surface area (Å²) in [5.74, 6) is 2.05. The molecule has 4 rings (SSSR count). The smallest absolute Gasteiger partial charge is 0.229 e. The van der Waals surface area contributed by atoms with Crippen LogP contribution in [0.25, 0.3) is 0 Å². The van der Waals surface area contributed by atoms with E-state index in [1.165, 1.54) is 0 Å². The van der Waals surface area contributed by atoms with Crippen molar-refractivity contribution in [2.75, 3.05) is 37.7 Å². The maximum absolute atomic E-state index is 12.8. The largest absolute Gasteiger partial charge is 0.492 e. The van der Waals surface area contributed by atoms with Gasteiger partial charge >= 0.3 is 0 Å². The Morgan fingerprint density at radius 1 is 1.04 bits per heavy atom. The predicted molar refractivity (Wildman–Crippen MR) is 92.2 cm³/mol. The van der Waals surface area contributed by atoms with E-state index in [0.717, 1.165) is 49.7 Å². The molecule has 0 radical (unpaired) electrons. The van der Waals surface area contributed by atoms with Gasteiger partial charge in [-0.05, 0) is 30.2 Å². The van der Waals surface area contributed by atoms with E-state index in [9.17, 15) is 4.79 Å². The van der Waals surface area contributed by atoms with Gasteiger partial charge in [-0.2, -0.15) is 0 Å². The molecular weight excluding hydrogens is 302 g/mol. The van der Waals surface area contributed by atoms with Crippen LogP contribution >= 0.6 is 0 Å². The Kier molecular flexibility index (Phi) is 4.07. The van der Waals surface area contributed by atoms with Crippen molar-refractivity contribution in [3.8, 4) is 5.75 Å². The number of ether oxygens (including phenoxy) is 1. The number of hydrogen-bond acceptors (Lipinski definition) is 4. The van der Waals surface area contributed by atoms with Gasteiger partial charge in [0.05, 0.1) is 5.92 Å². The Morgan fingerprint density at radius 3 is 2.62 bits per heavy atom. The van der Waals surface area contributed by atoms with Crippen molar-refractivity contribution in [1.29, 1.82) is 0 Å². The Hall–Kier alpha value is -2.56. The number of anilines is 1. The van der Waals surface area contributed by atoms with E-state index < -0.39 is 0 Å². The van der Waals surface area contributed by atoms with Gasteiger partial charge in [-0.1, -0.05) is 24.3 Å². The third kappa shape index (κ3) is 2.94. The van der Waals surface area contributed by atoms with E-state index in [0.29, 0.717) is 6.61 Å². The number of benzene rings is 1. The number of pyridine rings is 1. The quantitative estimate of drug-likeness (QED) is 0.848. The number of amides is 1. The SMILES string of the molecule is O=C(C1COc2ccccc2C1)N1CCN(c2ccccn2)CC1. The molecule has 5 heteroatoms. The molecule has 0 bridgehead atoms. The number of piperazine rings is 1. The van der Waals surface area contributed by atoms with Gasteiger partial charge in [-0.15, -0.1) is 0 Å². The van der Waals surface area contributed by atoms with Gasteiger partial charge in [-0.3, -0.25) is 4.79 Å². The lowest BCUT2D eigenvalue weighted by Crippen LogP contribution is -2.51. The molecule has 0 spiro atoms. The highest BCUT2D eigenvalue weighted by Crippen LogP contribution is 2.28. The van der Waals surface area contributed by atoms with E-state index in [-0.39, 0.29) is 11.8 Å². The zero-order chi connectivity index (χ0) is 16.4. The fourth-order valence-electron chi connectivity index (χ4n) is 3.44. The second-order valence-corrected chi connectivity index (χ2v) is 6.32. The lowest BCUT2D eigenvalue weighted by atomic mass is 9.95. The standard InChI is InChI=1S/C19H21N3O2/c23-19(16-13-15-5-1-2-6-17(15)24-14-16)22-11-9-21(10-12-22)18-7-3-4-8-20-18/h1-8,16H,9-14H2. The molecule has 124 valence electrons. The van der Waals surface area contributed by atoms with Crippen LogP contribution in [-0.4, -0.2) is 48.6 Å². The number of rotatable bonds is 2. The lowest BCUT2D eigenvalue weighted by molar-refractivity contribution is -0.137. The first-order chi connectivity index (χ1) is 11.8. The van der Waals surface area contributed by atoms with Crippen LogP contribution in [-0.2, 0) is 11.2 Å². The van der Waals surface area contributed by atoms with Gasteiger partial charge in [0.25, 0.3) is 0 Å². The molecule has 24 heavy (non-hydrogen) atoms. The Morgan fingerprint density at radius 2 is 1.83 bits per heavy atom. The van der Waals surface area contributed by atoms with Gasteiger partial charge < -0.3 is 14.5 Å². The third-order valence-corrected chi connectivity index (χ3v) is 4.79. The molecule has 1 aromatic carbocycles. The van der Waals surface area contributed by atoms with E-state index in [4.69, 9.17) is 4.74 Å². The van der Waals surface area contributed by atoms with E-state index in [2.05, 4.69) is 9.88 Å². The molecule has 1 unspecified atom stereocenters. The predicted octanol–water partition coefficient (Wildman–Crippen LogP) is 1.98. The van der Waals surface area contributed by atoms with Crippen LogP contribution in [0.1, 0.15) is 5.56 Å². The summed E-state index contributed by atoms with van der Waals surface area (Å²) in [5, 5.41) is 0. The Labute approximate surface area is 141 Å². The van der Waals surface area contributed by atoms with Crippen LogP contribution in [0.15, 0.2) is 48.7 Å². The summed E-state index contributed by atoms with van der Waals surface area (Å²) in [7, 11) is 0. The van der Waals surface area contributed by atoms with Crippen LogP contribution in [0.5, 0.6) is 5.75 Å². The van der Waals surface area contributed by atoms with Crippen LogP contribution in [0.4, 0.5) is 5.82 Å². The minimum atomic E-state index is -0.0682. The highest BCUT2D eigenvalue weighted by Gasteiger charge is 2.31. The first-order valence-electron chi connectivity index (χ1n) is 8.47. The normalized spacial score (nSPS) is 20.2. The zero-order valence-corrected chi connectivity index (χ0v) is 13.6. The second-order valence-electron chi connectivity index (χ2n) is 6.32. The maximum atomic E-state index is 12.8. The monoisotopic (exact) mass is 323 g/mol. The molecule has 0 N–H and O–H groups in total. The van der Waals surface area contributed by atoms with E-state index >= 15 is 0 Å². The molecule has 0 saturated carbocycles. The molecule has 2 aromatic rings. The maximum Gasteiger partial charge on any atom is 0.229 e. The molecule has 1 atom stereocenters. The van der Waals surface area contributed by atoms with Gasteiger partial charge in [0, 0.05) is 32.4 Å². The molecule has 1 saturated heterocycles. The fourth-order valence-corrected chi connectivity index (χ4v) is 3.44. The first-order valence-corrected chi connectivity index (χ1v) is 8.47. The minimum Gasteiger partial charge on any atom is -0.492 e. The van der Waals surface area contributed by atoms with Crippen molar-refractivity contribution in [3.05, 3.63) is 54.2 Å². The number of carbonyl (C=O) groups excluding carboxylic acids is 1. The molecule has 2 aliphatic heterocycles. The van der Waals surface area contributed by atoms with Crippen molar-refractivity contribution < 1.29 is 9.53 Å². The highest BCUT2D eigenvalue weighted by atomic mass is 16.5. The topological polar surface area (TPSA) is 45.7 Å². The first kappa shape index (κ1) is 15.0. The molecule has 5 nitrogen and oxygen atoms in total. The molecule has 1 aromatic heterocycles. The molecule has 3 heterocycles. The van der Waals surface area contributed by atoms with E-state index in [1.54, 1.807) is 0 Å². The average molecular weight is 323 g/mol. The van der Waals surface area contributed by atoms with Gasteiger partial charge in [0.15, 0.2) is 0 Å². The van der Waals surface area contributed by atoms with Crippen LogP contribution in [0.2, 0.25) is 0 Å². The van der Waals surface area contributed by atoms with Crippen molar-refractivity contribution >= 4 is 11.7 Å². The Bertz CT molecular complexity index is 712. The molecule has 1 amide bonds. The number of nitrogens with zero attached hydrogens (tertiary/aromatic N) is 3. The second kappa shape index (κ2) is 6.51. The zero-order valence-electron chi connectivity index (χ0n) is 13.6. The summed E-state index contributed by atoms with van der Waals surface area (Å²) in [4.78, 5) is 21.4. The fraction of sp³-hybridized carbons (Fsp3) is 0.368. The van der Waals surface area contributed by atoms with Crippen molar-refractivity contribution in [1.82, 2.24) is 9.88 Å². The number of carbonyl (C=O) groups is 1. The Balaban J connectivity index is 1.37. The van der Waals surface area contributed by atoms with Gasteiger partial charge in [-0.25, -0.2) is 4.98 Å². The molecule has 2 aliphatic rings. The summed E-state index contributed by atoms with van der Waals surface area (Å²) >= 11 is 0. The summed E-state index contributed by atoms with van der Waals surface area (Å²) < 4.78 is 5.77. The van der Waals surface area contributed by atoms with Gasteiger partial charge in [0.2, 0.25) is 5.91 Å². The molecule has 0 aliphatic carbocycles. The van der Waals surface area contributed by atoms with Crippen LogP contribution in [0.3, 0.4) is 0 Å². The summed E-state index contributed by atoms with van der Waals surface area (Å²) in [5.41, 5.74) is 1.13. The average Bonchev–Trinajstić information content (AvgIpc) is 2.68. The number of hydrogen-bond donors (Lipinski definition) is 0. The van der Waals surface area contributed by atoms with Crippen molar-refractivity contribution in [2.45, 2.75) is 6.42 Å². The molecule has 1 fully saturated rings. The third-order valence-electron chi connectivity index (χ3n) is 4.79.